The predicted octanol–water partition coefficient (Wildman–Crippen LogP) is 3.07. The number of nitrogens with zero attached hydrogens (tertiary/aromatic N) is 2. The van der Waals surface area contributed by atoms with E-state index in [1.54, 1.807) is 7.11 Å². The number of aromatic amines is 1. The topological polar surface area (TPSA) is 58.2 Å². The number of aromatic nitrogens is 2. The maximum Gasteiger partial charge on any atom is 0.268 e. The van der Waals surface area contributed by atoms with Gasteiger partial charge in [0.25, 0.3) is 5.91 Å². The zero-order chi connectivity index (χ0) is 15.0. The highest BCUT2D eigenvalue weighted by molar-refractivity contribution is 7.12. The van der Waals surface area contributed by atoms with E-state index in [0.717, 1.165) is 36.3 Å². The smallest absolute Gasteiger partial charge is 0.268 e. The number of carbonyl (C=O) groups excluding carboxylic acids is 1. The van der Waals surface area contributed by atoms with E-state index in [2.05, 4.69) is 10.2 Å². The maximum atomic E-state index is 12.8. The lowest BCUT2D eigenvalue weighted by atomic mass is 10.0. The fourth-order valence-electron chi connectivity index (χ4n) is 3.11. The summed E-state index contributed by atoms with van der Waals surface area (Å²) in [6.45, 7) is 4.79. The molecule has 3 rings (SSSR count). The Morgan fingerprint density at radius 3 is 3.00 bits per heavy atom. The van der Waals surface area contributed by atoms with Crippen molar-refractivity contribution >= 4 is 17.2 Å². The van der Waals surface area contributed by atoms with Crippen molar-refractivity contribution in [2.24, 2.45) is 0 Å². The molecular formula is C15H19N3O2S. The molecule has 0 aliphatic carbocycles. The number of rotatable bonds is 3. The van der Waals surface area contributed by atoms with E-state index in [0.29, 0.717) is 10.6 Å². The lowest BCUT2D eigenvalue weighted by molar-refractivity contribution is 0.0737. The largest absolute Gasteiger partial charge is 0.495 e. The van der Waals surface area contributed by atoms with Crippen LogP contribution in [-0.2, 0) is 0 Å². The van der Waals surface area contributed by atoms with E-state index in [4.69, 9.17) is 4.74 Å². The maximum absolute atomic E-state index is 12.8. The number of carbonyl (C=O) groups is 1. The molecule has 1 saturated heterocycles. The molecule has 0 saturated carbocycles. The first-order valence-corrected chi connectivity index (χ1v) is 7.95. The molecule has 1 aliphatic rings. The van der Waals surface area contributed by atoms with Crippen LogP contribution in [0.3, 0.4) is 0 Å². The van der Waals surface area contributed by atoms with Crippen molar-refractivity contribution in [2.45, 2.75) is 32.7 Å². The van der Waals surface area contributed by atoms with Crippen molar-refractivity contribution < 1.29 is 9.53 Å². The second kappa shape index (κ2) is 5.52. The molecule has 0 aromatic carbocycles. The SMILES string of the molecule is COc1ccsc1C(=O)N1CCCC1c1c(C)n[nH]c1C. The summed E-state index contributed by atoms with van der Waals surface area (Å²) in [5, 5.41) is 9.18. The third kappa shape index (κ3) is 2.33. The van der Waals surface area contributed by atoms with Crippen LogP contribution in [0.15, 0.2) is 11.4 Å². The summed E-state index contributed by atoms with van der Waals surface area (Å²) in [5.41, 5.74) is 3.20. The molecule has 1 unspecified atom stereocenters. The summed E-state index contributed by atoms with van der Waals surface area (Å²) in [4.78, 5) is 15.5. The Bertz CT molecular complexity index is 642. The number of H-pyrrole nitrogens is 1. The number of likely N-dealkylation sites (tertiary alicyclic amines) is 1. The van der Waals surface area contributed by atoms with Gasteiger partial charge in [0, 0.05) is 17.8 Å². The number of ether oxygens (including phenoxy) is 1. The Hall–Kier alpha value is -1.82. The number of amides is 1. The fourth-order valence-corrected chi connectivity index (χ4v) is 3.92. The summed E-state index contributed by atoms with van der Waals surface area (Å²) >= 11 is 1.44. The zero-order valence-corrected chi connectivity index (χ0v) is 13.3. The van der Waals surface area contributed by atoms with Gasteiger partial charge in [-0.15, -0.1) is 11.3 Å². The molecule has 1 atom stereocenters. The van der Waals surface area contributed by atoms with E-state index in [9.17, 15) is 4.79 Å². The van der Waals surface area contributed by atoms with Gasteiger partial charge in [0.15, 0.2) is 0 Å². The van der Waals surface area contributed by atoms with Gasteiger partial charge < -0.3 is 9.64 Å². The third-order valence-electron chi connectivity index (χ3n) is 4.08. The average molecular weight is 305 g/mol. The quantitative estimate of drug-likeness (QED) is 0.948. The lowest BCUT2D eigenvalue weighted by Gasteiger charge is -2.25. The summed E-state index contributed by atoms with van der Waals surface area (Å²) < 4.78 is 5.28. The predicted molar refractivity (Wildman–Crippen MR) is 81.9 cm³/mol. The third-order valence-corrected chi connectivity index (χ3v) is 4.96. The van der Waals surface area contributed by atoms with Gasteiger partial charge in [-0.05, 0) is 38.1 Å². The minimum atomic E-state index is 0.0596. The van der Waals surface area contributed by atoms with E-state index in [-0.39, 0.29) is 11.9 Å². The number of hydrogen-bond donors (Lipinski definition) is 1. The normalized spacial score (nSPS) is 18.2. The van der Waals surface area contributed by atoms with Gasteiger partial charge in [-0.25, -0.2) is 0 Å². The fraction of sp³-hybridized carbons (Fsp3) is 0.467. The van der Waals surface area contributed by atoms with Gasteiger partial charge in [0.05, 0.1) is 18.8 Å². The summed E-state index contributed by atoms with van der Waals surface area (Å²) in [7, 11) is 1.60. The van der Waals surface area contributed by atoms with E-state index in [1.165, 1.54) is 11.3 Å². The van der Waals surface area contributed by atoms with Gasteiger partial charge in [-0.3, -0.25) is 9.89 Å². The molecule has 6 heteroatoms. The number of hydrogen-bond acceptors (Lipinski definition) is 4. The molecule has 0 bridgehead atoms. The summed E-state index contributed by atoms with van der Waals surface area (Å²) in [5.74, 6) is 0.723. The van der Waals surface area contributed by atoms with Crippen LogP contribution >= 0.6 is 11.3 Å². The monoisotopic (exact) mass is 305 g/mol. The van der Waals surface area contributed by atoms with Crippen molar-refractivity contribution in [3.8, 4) is 5.75 Å². The Balaban J connectivity index is 1.93. The van der Waals surface area contributed by atoms with Crippen LogP contribution in [0.2, 0.25) is 0 Å². The standard InChI is InChI=1S/C15H19N3O2S/c1-9-13(10(2)17-16-9)11-5-4-7-18(11)15(19)14-12(20-3)6-8-21-14/h6,8,11H,4-5,7H2,1-3H3,(H,16,17). The first-order valence-electron chi connectivity index (χ1n) is 7.07. The van der Waals surface area contributed by atoms with Gasteiger partial charge in [-0.2, -0.15) is 5.10 Å². The van der Waals surface area contributed by atoms with Gasteiger partial charge in [0.1, 0.15) is 10.6 Å². The Kier molecular flexibility index (Phi) is 3.71. The zero-order valence-electron chi connectivity index (χ0n) is 12.5. The number of aryl methyl sites for hydroxylation is 2. The van der Waals surface area contributed by atoms with Crippen LogP contribution in [0.25, 0.3) is 0 Å². The minimum Gasteiger partial charge on any atom is -0.495 e. The van der Waals surface area contributed by atoms with Crippen LogP contribution < -0.4 is 4.74 Å². The van der Waals surface area contributed by atoms with Crippen LogP contribution in [-0.4, -0.2) is 34.7 Å². The molecular weight excluding hydrogens is 286 g/mol. The molecule has 1 N–H and O–H groups in total. The number of nitrogens with one attached hydrogen (secondary N) is 1. The number of thiophene rings is 1. The summed E-state index contributed by atoms with van der Waals surface area (Å²) in [6.07, 6.45) is 2.01. The van der Waals surface area contributed by atoms with Crippen molar-refractivity contribution in [2.75, 3.05) is 13.7 Å². The van der Waals surface area contributed by atoms with Crippen molar-refractivity contribution in [1.29, 1.82) is 0 Å². The first-order chi connectivity index (χ1) is 10.1. The first kappa shape index (κ1) is 14.1. The van der Waals surface area contributed by atoms with E-state index < -0.39 is 0 Å². The van der Waals surface area contributed by atoms with Crippen molar-refractivity contribution in [3.63, 3.8) is 0 Å². The highest BCUT2D eigenvalue weighted by atomic mass is 32.1. The molecule has 2 aromatic rings. The molecule has 0 spiro atoms. The lowest BCUT2D eigenvalue weighted by Crippen LogP contribution is -2.30. The Morgan fingerprint density at radius 1 is 1.52 bits per heavy atom. The van der Waals surface area contributed by atoms with E-state index in [1.807, 2.05) is 30.2 Å². The molecule has 2 aromatic heterocycles. The molecule has 1 amide bonds. The highest BCUT2D eigenvalue weighted by Crippen LogP contribution is 2.37. The molecule has 0 radical (unpaired) electrons. The molecule has 1 fully saturated rings. The summed E-state index contributed by atoms with van der Waals surface area (Å²) in [6, 6.07) is 1.96. The van der Waals surface area contributed by atoms with Crippen LogP contribution in [0.5, 0.6) is 5.75 Å². The molecule has 5 nitrogen and oxygen atoms in total. The second-order valence-corrected chi connectivity index (χ2v) is 6.24. The Morgan fingerprint density at radius 2 is 2.33 bits per heavy atom. The van der Waals surface area contributed by atoms with Crippen LogP contribution in [0.1, 0.15) is 45.5 Å². The molecule has 3 heterocycles. The van der Waals surface area contributed by atoms with Gasteiger partial charge in [0.2, 0.25) is 0 Å². The Labute approximate surface area is 127 Å². The van der Waals surface area contributed by atoms with Gasteiger partial charge in [-0.1, -0.05) is 0 Å². The molecule has 112 valence electrons. The number of methoxy groups -OCH3 is 1. The molecule has 1 aliphatic heterocycles. The second-order valence-electron chi connectivity index (χ2n) is 5.32. The minimum absolute atomic E-state index is 0.0596. The van der Waals surface area contributed by atoms with Crippen molar-refractivity contribution in [1.82, 2.24) is 15.1 Å². The van der Waals surface area contributed by atoms with Crippen LogP contribution in [0, 0.1) is 13.8 Å². The average Bonchev–Trinajstić information content (AvgIpc) is 3.18. The van der Waals surface area contributed by atoms with Crippen LogP contribution in [0.4, 0.5) is 0 Å². The highest BCUT2D eigenvalue weighted by Gasteiger charge is 2.34. The van der Waals surface area contributed by atoms with E-state index >= 15 is 0 Å². The molecule has 21 heavy (non-hydrogen) atoms. The van der Waals surface area contributed by atoms with Gasteiger partial charge >= 0.3 is 0 Å². The van der Waals surface area contributed by atoms with Crippen molar-refractivity contribution in [3.05, 3.63) is 33.3 Å².